The van der Waals surface area contributed by atoms with Crippen molar-refractivity contribution in [1.82, 2.24) is 0 Å². The summed E-state index contributed by atoms with van der Waals surface area (Å²) in [5, 5.41) is 9.28. The molecule has 1 aromatic rings. The second-order valence-corrected chi connectivity index (χ2v) is 3.37. The van der Waals surface area contributed by atoms with Crippen molar-refractivity contribution in [1.29, 1.82) is 0 Å². The van der Waals surface area contributed by atoms with Crippen LogP contribution in [0.2, 0.25) is 0 Å². The highest BCUT2D eigenvalue weighted by atomic mass is 16.6. The van der Waals surface area contributed by atoms with Crippen LogP contribution in [-0.4, -0.2) is 30.4 Å². The van der Waals surface area contributed by atoms with Crippen LogP contribution in [0.4, 0.5) is 10.5 Å². The Hall–Kier alpha value is -1.75. The number of anilines is 1. The van der Waals surface area contributed by atoms with Gasteiger partial charge in [0.1, 0.15) is 11.9 Å². The van der Waals surface area contributed by atoms with Gasteiger partial charge in [-0.1, -0.05) is 6.07 Å². The Morgan fingerprint density at radius 2 is 2.40 bits per heavy atom. The normalized spacial score (nSPS) is 20.5. The molecule has 0 saturated carbocycles. The van der Waals surface area contributed by atoms with Crippen LogP contribution in [0.15, 0.2) is 24.3 Å². The molecule has 1 amide bonds. The molecule has 1 aromatic carbocycles. The van der Waals surface area contributed by atoms with Crippen molar-refractivity contribution in [2.75, 3.05) is 18.0 Å². The summed E-state index contributed by atoms with van der Waals surface area (Å²) in [6.07, 6.45) is -0.684. The van der Waals surface area contributed by atoms with E-state index >= 15 is 0 Å². The molecule has 5 nitrogen and oxygen atoms in total. The number of phenolic OH excluding ortho intramolecular Hbond substituents is 1. The Labute approximate surface area is 87.1 Å². The quantitative estimate of drug-likeness (QED) is 0.749. The maximum absolute atomic E-state index is 11.4. The van der Waals surface area contributed by atoms with Gasteiger partial charge in [-0.15, -0.1) is 0 Å². The van der Waals surface area contributed by atoms with Crippen molar-refractivity contribution < 1.29 is 14.6 Å². The average molecular weight is 208 g/mol. The van der Waals surface area contributed by atoms with Crippen molar-refractivity contribution in [2.45, 2.75) is 6.10 Å². The lowest BCUT2D eigenvalue weighted by Crippen LogP contribution is -2.27. The zero-order chi connectivity index (χ0) is 10.8. The highest BCUT2D eigenvalue weighted by molar-refractivity contribution is 5.89. The lowest BCUT2D eigenvalue weighted by atomic mass is 10.2. The molecule has 1 atom stereocenters. The summed E-state index contributed by atoms with van der Waals surface area (Å²) in [4.78, 5) is 12.9. The van der Waals surface area contributed by atoms with Gasteiger partial charge in [-0.25, -0.2) is 4.79 Å². The molecular formula is C10H12N2O3. The van der Waals surface area contributed by atoms with E-state index in [9.17, 15) is 9.90 Å². The van der Waals surface area contributed by atoms with E-state index in [4.69, 9.17) is 10.5 Å². The van der Waals surface area contributed by atoms with Crippen molar-refractivity contribution in [3.63, 3.8) is 0 Å². The second kappa shape index (κ2) is 3.78. The standard InChI is InChI=1S/C10H12N2O3/c11-5-9-6-12(10(14)15-9)7-2-1-3-8(13)4-7/h1-4,9,13H,5-6,11H2/t9-/m0/s1. The van der Waals surface area contributed by atoms with Gasteiger partial charge >= 0.3 is 6.09 Å². The first-order valence-electron chi connectivity index (χ1n) is 4.68. The number of aromatic hydroxyl groups is 1. The van der Waals surface area contributed by atoms with Crippen LogP contribution >= 0.6 is 0 Å². The molecule has 3 N–H and O–H groups in total. The summed E-state index contributed by atoms with van der Waals surface area (Å²) in [5.41, 5.74) is 6.03. The van der Waals surface area contributed by atoms with E-state index in [2.05, 4.69) is 0 Å². The smallest absolute Gasteiger partial charge is 0.414 e. The number of amides is 1. The summed E-state index contributed by atoms with van der Waals surface area (Å²) in [6, 6.07) is 6.47. The average Bonchev–Trinajstić information content (AvgIpc) is 2.60. The predicted molar refractivity (Wildman–Crippen MR) is 54.8 cm³/mol. The molecule has 1 heterocycles. The number of rotatable bonds is 2. The number of hydrogen-bond donors (Lipinski definition) is 2. The number of hydrogen-bond acceptors (Lipinski definition) is 4. The topological polar surface area (TPSA) is 75.8 Å². The van der Waals surface area contributed by atoms with Gasteiger partial charge < -0.3 is 15.6 Å². The van der Waals surface area contributed by atoms with Crippen molar-refractivity contribution in [2.24, 2.45) is 5.73 Å². The summed E-state index contributed by atoms with van der Waals surface area (Å²) in [5.74, 6) is 0.122. The minimum Gasteiger partial charge on any atom is -0.508 e. The predicted octanol–water partition coefficient (Wildman–Crippen LogP) is 0.676. The van der Waals surface area contributed by atoms with Gasteiger partial charge in [-0.3, -0.25) is 4.90 Å². The molecule has 0 bridgehead atoms. The van der Waals surface area contributed by atoms with Crippen LogP contribution in [0.1, 0.15) is 0 Å². The van der Waals surface area contributed by atoms with E-state index in [0.717, 1.165) is 0 Å². The number of nitrogens with zero attached hydrogens (tertiary/aromatic N) is 1. The van der Waals surface area contributed by atoms with Gasteiger partial charge in [0.15, 0.2) is 0 Å². The fraction of sp³-hybridized carbons (Fsp3) is 0.300. The van der Waals surface area contributed by atoms with E-state index in [0.29, 0.717) is 18.8 Å². The third-order valence-electron chi connectivity index (χ3n) is 2.28. The minimum atomic E-state index is -0.420. The maximum atomic E-state index is 11.4. The van der Waals surface area contributed by atoms with E-state index in [1.165, 1.54) is 11.0 Å². The first-order valence-corrected chi connectivity index (χ1v) is 4.68. The molecule has 0 spiro atoms. The molecule has 5 heteroatoms. The number of ether oxygens (including phenoxy) is 1. The number of cyclic esters (lactones) is 1. The Bertz CT molecular complexity index is 381. The molecule has 2 rings (SSSR count). The van der Waals surface area contributed by atoms with Gasteiger partial charge in [-0.05, 0) is 12.1 Å². The third-order valence-corrected chi connectivity index (χ3v) is 2.28. The van der Waals surface area contributed by atoms with E-state index in [1.807, 2.05) is 0 Å². The third kappa shape index (κ3) is 1.87. The Morgan fingerprint density at radius 3 is 3.00 bits per heavy atom. The molecule has 0 radical (unpaired) electrons. The molecule has 1 saturated heterocycles. The Kier molecular flexibility index (Phi) is 2.47. The zero-order valence-electron chi connectivity index (χ0n) is 8.09. The fourth-order valence-electron chi connectivity index (χ4n) is 1.52. The molecule has 15 heavy (non-hydrogen) atoms. The molecular weight excluding hydrogens is 196 g/mol. The molecule has 0 aromatic heterocycles. The Balaban J connectivity index is 2.21. The lowest BCUT2D eigenvalue weighted by molar-refractivity contribution is 0.145. The van der Waals surface area contributed by atoms with Crippen LogP contribution in [-0.2, 0) is 4.74 Å². The number of benzene rings is 1. The zero-order valence-corrected chi connectivity index (χ0v) is 8.09. The van der Waals surface area contributed by atoms with Gasteiger partial charge in [0.2, 0.25) is 0 Å². The summed E-state index contributed by atoms with van der Waals surface area (Å²) >= 11 is 0. The van der Waals surface area contributed by atoms with Crippen molar-refractivity contribution in [3.05, 3.63) is 24.3 Å². The number of carbonyl (C=O) groups excluding carboxylic acids is 1. The summed E-state index contributed by atoms with van der Waals surface area (Å²) < 4.78 is 5.00. The largest absolute Gasteiger partial charge is 0.508 e. The van der Waals surface area contributed by atoms with Crippen LogP contribution < -0.4 is 10.6 Å². The number of carbonyl (C=O) groups is 1. The van der Waals surface area contributed by atoms with Crippen LogP contribution in [0.5, 0.6) is 5.75 Å². The molecule has 1 fully saturated rings. The molecule has 0 unspecified atom stereocenters. The van der Waals surface area contributed by atoms with Gasteiger partial charge in [0.25, 0.3) is 0 Å². The van der Waals surface area contributed by atoms with Gasteiger partial charge in [-0.2, -0.15) is 0 Å². The second-order valence-electron chi connectivity index (χ2n) is 3.37. The highest BCUT2D eigenvalue weighted by Crippen LogP contribution is 2.24. The number of nitrogens with two attached hydrogens (primary N) is 1. The lowest BCUT2D eigenvalue weighted by Gasteiger charge is -2.12. The van der Waals surface area contributed by atoms with Crippen molar-refractivity contribution >= 4 is 11.8 Å². The molecule has 1 aliphatic heterocycles. The molecule has 1 aliphatic rings. The minimum absolute atomic E-state index is 0.122. The Morgan fingerprint density at radius 1 is 1.60 bits per heavy atom. The van der Waals surface area contributed by atoms with Gasteiger partial charge in [0.05, 0.1) is 12.2 Å². The fourth-order valence-corrected chi connectivity index (χ4v) is 1.52. The SMILES string of the molecule is NC[C@H]1CN(c2cccc(O)c2)C(=O)O1. The maximum Gasteiger partial charge on any atom is 0.414 e. The van der Waals surface area contributed by atoms with Crippen LogP contribution in [0.25, 0.3) is 0 Å². The molecule has 0 aliphatic carbocycles. The van der Waals surface area contributed by atoms with Crippen molar-refractivity contribution in [3.8, 4) is 5.75 Å². The van der Waals surface area contributed by atoms with E-state index in [-0.39, 0.29) is 11.9 Å². The monoisotopic (exact) mass is 208 g/mol. The van der Waals surface area contributed by atoms with Crippen LogP contribution in [0.3, 0.4) is 0 Å². The van der Waals surface area contributed by atoms with Gasteiger partial charge in [0, 0.05) is 12.6 Å². The molecule has 80 valence electrons. The first-order chi connectivity index (χ1) is 7.20. The van der Waals surface area contributed by atoms with E-state index in [1.54, 1.807) is 18.2 Å². The number of phenols is 1. The van der Waals surface area contributed by atoms with E-state index < -0.39 is 6.09 Å². The van der Waals surface area contributed by atoms with Crippen LogP contribution in [0, 0.1) is 0 Å². The highest BCUT2D eigenvalue weighted by Gasteiger charge is 2.31. The first kappa shape index (κ1) is 9.79. The summed E-state index contributed by atoms with van der Waals surface area (Å²) in [7, 11) is 0. The summed E-state index contributed by atoms with van der Waals surface area (Å²) in [6.45, 7) is 0.736.